The van der Waals surface area contributed by atoms with E-state index >= 15 is 0 Å². The predicted octanol–water partition coefficient (Wildman–Crippen LogP) is 4.44. The Bertz CT molecular complexity index is 738. The van der Waals surface area contributed by atoms with Gasteiger partial charge in [0.25, 0.3) is 5.91 Å². The van der Waals surface area contributed by atoms with Crippen molar-refractivity contribution < 1.29 is 9.90 Å². The van der Waals surface area contributed by atoms with E-state index in [2.05, 4.69) is 11.9 Å². The van der Waals surface area contributed by atoms with Gasteiger partial charge in [-0.3, -0.25) is 4.79 Å². The molecule has 0 unspecified atom stereocenters. The number of aromatic hydroxyl groups is 1. The number of nitrogens with one attached hydrogen (secondary N) is 1. The number of hydrogen-bond donors (Lipinski definition) is 2. The molecule has 1 amide bonds. The Morgan fingerprint density at radius 2 is 1.61 bits per heavy atom. The largest absolute Gasteiger partial charge is 0.508 e. The minimum absolute atomic E-state index is 0.173. The molecule has 2 rings (SSSR count). The first kappa shape index (κ1) is 16.3. The number of carbonyl (C=O) groups is 1. The smallest absolute Gasteiger partial charge is 0.255 e. The van der Waals surface area contributed by atoms with E-state index < -0.39 is 0 Å². The standard InChI is InChI=1S/C20H19NO2/c1-3-5-18(6-4-2)21-20(23)17-9-7-15(8-10-17)16-11-13-19(22)14-12-16/h3-14,22H,1H2,2H3,(H,21,23)/b6-4-,18-5+. The number of phenols is 1. The lowest BCUT2D eigenvalue weighted by Crippen LogP contribution is -2.21. The quantitative estimate of drug-likeness (QED) is 0.803. The summed E-state index contributed by atoms with van der Waals surface area (Å²) >= 11 is 0. The number of hydrogen-bond acceptors (Lipinski definition) is 2. The van der Waals surface area contributed by atoms with Crippen molar-refractivity contribution in [1.29, 1.82) is 0 Å². The highest BCUT2D eigenvalue weighted by Gasteiger charge is 2.06. The Balaban J connectivity index is 2.15. The molecule has 0 saturated heterocycles. The molecule has 2 N–H and O–H groups in total. The van der Waals surface area contributed by atoms with Gasteiger partial charge in [0.05, 0.1) is 0 Å². The van der Waals surface area contributed by atoms with Gasteiger partial charge in [-0.15, -0.1) is 0 Å². The molecule has 0 saturated carbocycles. The van der Waals surface area contributed by atoms with Crippen molar-refractivity contribution >= 4 is 5.91 Å². The van der Waals surface area contributed by atoms with Gasteiger partial charge < -0.3 is 10.4 Å². The van der Waals surface area contributed by atoms with E-state index in [9.17, 15) is 9.90 Å². The molecule has 0 aliphatic carbocycles. The number of benzene rings is 2. The zero-order valence-corrected chi connectivity index (χ0v) is 13.0. The zero-order valence-electron chi connectivity index (χ0n) is 13.0. The van der Waals surface area contributed by atoms with Crippen LogP contribution < -0.4 is 5.32 Å². The first-order chi connectivity index (χ1) is 11.1. The van der Waals surface area contributed by atoms with Crippen LogP contribution in [0.5, 0.6) is 5.75 Å². The van der Waals surface area contributed by atoms with Gasteiger partial charge in [0.15, 0.2) is 0 Å². The molecule has 0 atom stereocenters. The highest BCUT2D eigenvalue weighted by molar-refractivity contribution is 5.96. The summed E-state index contributed by atoms with van der Waals surface area (Å²) < 4.78 is 0. The number of amides is 1. The second-order valence-electron chi connectivity index (χ2n) is 4.94. The van der Waals surface area contributed by atoms with Crippen molar-refractivity contribution in [3.05, 3.63) is 90.7 Å². The molecule has 0 heterocycles. The summed E-state index contributed by atoms with van der Waals surface area (Å²) in [6.45, 7) is 5.52. The van der Waals surface area contributed by atoms with Gasteiger partial charge in [-0.1, -0.05) is 43.0 Å². The van der Waals surface area contributed by atoms with E-state index in [1.807, 2.05) is 43.3 Å². The molecule has 23 heavy (non-hydrogen) atoms. The Hall–Kier alpha value is -3.07. The van der Waals surface area contributed by atoms with Crippen LogP contribution in [0.25, 0.3) is 11.1 Å². The normalized spacial score (nSPS) is 11.4. The van der Waals surface area contributed by atoms with Crippen LogP contribution in [-0.2, 0) is 0 Å². The fourth-order valence-electron chi connectivity index (χ4n) is 2.12. The van der Waals surface area contributed by atoms with Crippen LogP contribution in [0.3, 0.4) is 0 Å². The summed E-state index contributed by atoms with van der Waals surface area (Å²) in [5, 5.41) is 12.2. The molecule has 0 fully saturated rings. The number of allylic oxidation sites excluding steroid dienone is 4. The van der Waals surface area contributed by atoms with E-state index in [1.54, 1.807) is 36.4 Å². The summed E-state index contributed by atoms with van der Waals surface area (Å²) in [4.78, 5) is 12.2. The van der Waals surface area contributed by atoms with Crippen LogP contribution in [0.2, 0.25) is 0 Å². The van der Waals surface area contributed by atoms with Gasteiger partial charge in [-0.05, 0) is 54.5 Å². The molecule has 0 aliphatic heterocycles. The van der Waals surface area contributed by atoms with Gasteiger partial charge in [0.2, 0.25) is 0 Å². The first-order valence-electron chi connectivity index (χ1n) is 7.30. The number of rotatable bonds is 5. The van der Waals surface area contributed by atoms with Crippen LogP contribution in [0, 0.1) is 0 Å². The van der Waals surface area contributed by atoms with Crippen LogP contribution in [0.15, 0.2) is 85.1 Å². The van der Waals surface area contributed by atoms with Crippen LogP contribution >= 0.6 is 0 Å². The number of phenolic OH excluding ortho intramolecular Hbond substituents is 1. The molecule has 0 aliphatic rings. The molecule has 2 aromatic carbocycles. The molecular formula is C20H19NO2. The minimum atomic E-state index is -0.173. The summed E-state index contributed by atoms with van der Waals surface area (Å²) in [6.07, 6.45) is 7.03. The highest BCUT2D eigenvalue weighted by Crippen LogP contribution is 2.22. The molecule has 2 aromatic rings. The maximum atomic E-state index is 12.2. The molecule has 0 bridgehead atoms. The lowest BCUT2D eigenvalue weighted by molar-refractivity contribution is 0.0967. The fraction of sp³-hybridized carbons (Fsp3) is 0.0500. The van der Waals surface area contributed by atoms with Crippen molar-refractivity contribution in [2.75, 3.05) is 0 Å². The van der Waals surface area contributed by atoms with Crippen molar-refractivity contribution in [2.45, 2.75) is 6.92 Å². The third-order valence-corrected chi connectivity index (χ3v) is 3.25. The van der Waals surface area contributed by atoms with Gasteiger partial charge in [-0.2, -0.15) is 0 Å². The van der Waals surface area contributed by atoms with Crippen molar-refractivity contribution in [3.63, 3.8) is 0 Å². The van der Waals surface area contributed by atoms with E-state index in [-0.39, 0.29) is 11.7 Å². The first-order valence-corrected chi connectivity index (χ1v) is 7.30. The lowest BCUT2D eigenvalue weighted by atomic mass is 10.0. The average molecular weight is 305 g/mol. The molecule has 0 radical (unpaired) electrons. The maximum absolute atomic E-state index is 12.2. The average Bonchev–Trinajstić information content (AvgIpc) is 2.56. The third-order valence-electron chi connectivity index (χ3n) is 3.25. The van der Waals surface area contributed by atoms with Gasteiger partial charge >= 0.3 is 0 Å². The van der Waals surface area contributed by atoms with Gasteiger partial charge in [0.1, 0.15) is 5.75 Å². The Morgan fingerprint density at radius 1 is 1.04 bits per heavy atom. The Kier molecular flexibility index (Phi) is 5.53. The van der Waals surface area contributed by atoms with E-state index in [4.69, 9.17) is 0 Å². The van der Waals surface area contributed by atoms with E-state index in [0.717, 1.165) is 11.1 Å². The second-order valence-corrected chi connectivity index (χ2v) is 4.94. The van der Waals surface area contributed by atoms with Crippen LogP contribution in [0.4, 0.5) is 0 Å². The predicted molar refractivity (Wildman–Crippen MR) is 94.1 cm³/mol. The Morgan fingerprint density at radius 3 is 2.13 bits per heavy atom. The molecule has 0 spiro atoms. The lowest BCUT2D eigenvalue weighted by Gasteiger charge is -2.07. The number of carbonyl (C=O) groups excluding carboxylic acids is 1. The van der Waals surface area contributed by atoms with Crippen molar-refractivity contribution in [1.82, 2.24) is 5.32 Å². The van der Waals surface area contributed by atoms with E-state index in [0.29, 0.717) is 11.3 Å². The van der Waals surface area contributed by atoms with Crippen molar-refractivity contribution in [3.8, 4) is 16.9 Å². The second kappa shape index (κ2) is 7.80. The summed E-state index contributed by atoms with van der Waals surface area (Å²) in [5.74, 6) is 0.0590. The van der Waals surface area contributed by atoms with E-state index in [1.165, 1.54) is 0 Å². The van der Waals surface area contributed by atoms with Gasteiger partial charge in [0, 0.05) is 11.3 Å². The summed E-state index contributed by atoms with van der Waals surface area (Å²) in [5.41, 5.74) is 3.23. The molecular weight excluding hydrogens is 286 g/mol. The van der Waals surface area contributed by atoms with Crippen LogP contribution in [-0.4, -0.2) is 11.0 Å². The van der Waals surface area contributed by atoms with Crippen molar-refractivity contribution in [2.24, 2.45) is 0 Å². The van der Waals surface area contributed by atoms with Crippen LogP contribution in [0.1, 0.15) is 17.3 Å². The fourth-order valence-corrected chi connectivity index (χ4v) is 2.12. The zero-order chi connectivity index (χ0) is 16.7. The Labute approximate surface area is 136 Å². The topological polar surface area (TPSA) is 49.3 Å². The third kappa shape index (κ3) is 4.45. The summed E-state index contributed by atoms with van der Waals surface area (Å²) in [7, 11) is 0. The monoisotopic (exact) mass is 305 g/mol. The highest BCUT2D eigenvalue weighted by atomic mass is 16.3. The molecule has 3 heteroatoms. The maximum Gasteiger partial charge on any atom is 0.255 e. The molecule has 0 aromatic heterocycles. The SMILES string of the molecule is C=C/C=C(\C=C/C)NC(=O)c1ccc(-c2ccc(O)cc2)cc1. The molecule has 3 nitrogen and oxygen atoms in total. The molecule has 116 valence electrons. The minimum Gasteiger partial charge on any atom is -0.508 e. The van der Waals surface area contributed by atoms with Gasteiger partial charge in [-0.25, -0.2) is 0 Å². The summed E-state index contributed by atoms with van der Waals surface area (Å²) in [6, 6.07) is 14.3.